The predicted molar refractivity (Wildman–Crippen MR) is 65.8 cm³/mol. The van der Waals surface area contributed by atoms with E-state index in [1.807, 2.05) is 12.1 Å². The van der Waals surface area contributed by atoms with Crippen molar-refractivity contribution < 1.29 is 5.11 Å². The van der Waals surface area contributed by atoms with Crippen molar-refractivity contribution in [3.8, 4) is 5.75 Å². The third kappa shape index (κ3) is 2.97. The second-order valence-electron chi connectivity index (χ2n) is 4.55. The zero-order chi connectivity index (χ0) is 11.4. The highest BCUT2D eigenvalue weighted by atomic mass is 16.3. The molecule has 1 unspecified atom stereocenters. The van der Waals surface area contributed by atoms with Gasteiger partial charge in [0.05, 0.1) is 0 Å². The van der Waals surface area contributed by atoms with Gasteiger partial charge in [-0.25, -0.2) is 0 Å². The molecule has 0 spiro atoms. The van der Waals surface area contributed by atoms with Crippen LogP contribution in [-0.2, 0) is 0 Å². The third-order valence-electron chi connectivity index (χ3n) is 3.18. The van der Waals surface area contributed by atoms with Gasteiger partial charge in [0.15, 0.2) is 0 Å². The average molecular weight is 220 g/mol. The van der Waals surface area contributed by atoms with E-state index in [1.54, 1.807) is 6.07 Å². The average Bonchev–Trinajstić information content (AvgIpc) is 2.30. The zero-order valence-electron chi connectivity index (χ0n) is 9.82. The molecule has 0 aromatic heterocycles. The maximum Gasteiger partial charge on any atom is 0.115 e. The quantitative estimate of drug-likeness (QED) is 0.808. The van der Waals surface area contributed by atoms with Crippen LogP contribution in [0.3, 0.4) is 0 Å². The first-order valence-corrected chi connectivity index (χ1v) is 5.98. The van der Waals surface area contributed by atoms with Crippen molar-refractivity contribution >= 4 is 0 Å². The van der Waals surface area contributed by atoms with Crippen LogP contribution in [-0.4, -0.2) is 42.7 Å². The normalized spacial score (nSPS) is 19.6. The molecule has 1 aliphatic rings. The Bertz CT molecular complexity index is 334. The van der Waals surface area contributed by atoms with E-state index in [2.05, 4.69) is 23.2 Å². The molecule has 16 heavy (non-hydrogen) atoms. The number of hydrogen-bond acceptors (Lipinski definition) is 3. The summed E-state index contributed by atoms with van der Waals surface area (Å²) in [5.41, 5.74) is 1.22. The second kappa shape index (κ2) is 5.32. The largest absolute Gasteiger partial charge is 0.508 e. The van der Waals surface area contributed by atoms with Crippen LogP contribution in [0.5, 0.6) is 5.75 Å². The third-order valence-corrected chi connectivity index (χ3v) is 3.18. The van der Waals surface area contributed by atoms with Gasteiger partial charge in [-0.2, -0.15) is 0 Å². The maximum atomic E-state index is 9.44. The van der Waals surface area contributed by atoms with Gasteiger partial charge in [0.1, 0.15) is 5.75 Å². The number of nitrogens with zero attached hydrogens (tertiary/aromatic N) is 1. The topological polar surface area (TPSA) is 35.5 Å². The van der Waals surface area contributed by atoms with Gasteiger partial charge in [-0.1, -0.05) is 19.1 Å². The van der Waals surface area contributed by atoms with Crippen LogP contribution in [0.25, 0.3) is 0 Å². The van der Waals surface area contributed by atoms with Crippen molar-refractivity contribution in [2.24, 2.45) is 0 Å². The molecule has 1 aromatic carbocycles. The lowest BCUT2D eigenvalue weighted by molar-refractivity contribution is 0.230. The van der Waals surface area contributed by atoms with Gasteiger partial charge in [0.25, 0.3) is 0 Å². The van der Waals surface area contributed by atoms with Crippen LogP contribution in [0.2, 0.25) is 0 Å². The molecular formula is C13H20N2O. The van der Waals surface area contributed by atoms with E-state index in [9.17, 15) is 5.11 Å². The highest BCUT2D eigenvalue weighted by Crippen LogP contribution is 2.20. The van der Waals surface area contributed by atoms with E-state index < -0.39 is 0 Å². The van der Waals surface area contributed by atoms with E-state index in [4.69, 9.17) is 0 Å². The molecule has 0 aliphatic carbocycles. The summed E-state index contributed by atoms with van der Waals surface area (Å²) in [5, 5.41) is 12.8. The van der Waals surface area contributed by atoms with Crippen LogP contribution >= 0.6 is 0 Å². The Labute approximate surface area is 97.1 Å². The van der Waals surface area contributed by atoms with Gasteiger partial charge in [0, 0.05) is 32.7 Å². The smallest absolute Gasteiger partial charge is 0.115 e. The fourth-order valence-electron chi connectivity index (χ4n) is 2.22. The highest BCUT2D eigenvalue weighted by molar-refractivity contribution is 5.29. The molecule has 2 N–H and O–H groups in total. The fourth-order valence-corrected chi connectivity index (χ4v) is 2.22. The summed E-state index contributed by atoms with van der Waals surface area (Å²) in [7, 11) is 0. The Morgan fingerprint density at radius 1 is 1.38 bits per heavy atom. The van der Waals surface area contributed by atoms with Crippen LogP contribution in [0, 0.1) is 0 Å². The Morgan fingerprint density at radius 3 is 2.81 bits per heavy atom. The van der Waals surface area contributed by atoms with Gasteiger partial charge in [0.2, 0.25) is 0 Å². The molecular weight excluding hydrogens is 200 g/mol. The fraction of sp³-hybridized carbons (Fsp3) is 0.538. The monoisotopic (exact) mass is 220 g/mol. The minimum atomic E-state index is 0.365. The van der Waals surface area contributed by atoms with Crippen LogP contribution < -0.4 is 5.32 Å². The van der Waals surface area contributed by atoms with Gasteiger partial charge in [-0.15, -0.1) is 0 Å². The summed E-state index contributed by atoms with van der Waals surface area (Å²) in [4.78, 5) is 2.48. The number of phenols is 1. The van der Waals surface area contributed by atoms with Gasteiger partial charge in [-0.3, -0.25) is 0 Å². The number of benzene rings is 1. The molecule has 0 bridgehead atoms. The van der Waals surface area contributed by atoms with Crippen molar-refractivity contribution in [2.45, 2.75) is 12.8 Å². The number of piperazine rings is 1. The summed E-state index contributed by atoms with van der Waals surface area (Å²) in [5.74, 6) is 0.842. The summed E-state index contributed by atoms with van der Waals surface area (Å²) < 4.78 is 0. The van der Waals surface area contributed by atoms with E-state index in [1.165, 1.54) is 5.56 Å². The Hall–Kier alpha value is -1.06. The summed E-state index contributed by atoms with van der Waals surface area (Å²) in [6.07, 6.45) is 0. The van der Waals surface area contributed by atoms with Crippen molar-refractivity contribution in [3.05, 3.63) is 29.8 Å². The number of rotatable bonds is 3. The molecule has 88 valence electrons. The van der Waals surface area contributed by atoms with Crippen LogP contribution in [0.1, 0.15) is 18.4 Å². The molecule has 1 aromatic rings. The molecule has 1 saturated heterocycles. The van der Waals surface area contributed by atoms with Crippen molar-refractivity contribution in [1.29, 1.82) is 0 Å². The first-order chi connectivity index (χ1) is 7.75. The molecule has 3 heteroatoms. The van der Waals surface area contributed by atoms with E-state index in [0.717, 1.165) is 32.7 Å². The summed E-state index contributed by atoms with van der Waals surface area (Å²) >= 11 is 0. The van der Waals surface area contributed by atoms with E-state index in [0.29, 0.717) is 11.7 Å². The molecule has 1 atom stereocenters. The molecule has 0 saturated carbocycles. The second-order valence-corrected chi connectivity index (χ2v) is 4.55. The molecule has 0 amide bonds. The van der Waals surface area contributed by atoms with E-state index in [-0.39, 0.29) is 0 Å². The molecule has 2 rings (SSSR count). The number of phenolic OH excluding ortho intramolecular Hbond substituents is 1. The molecule has 1 fully saturated rings. The molecule has 1 heterocycles. The molecule has 1 aliphatic heterocycles. The molecule has 0 radical (unpaired) electrons. The summed E-state index contributed by atoms with van der Waals surface area (Å²) in [6.45, 7) is 7.73. The van der Waals surface area contributed by atoms with Gasteiger partial charge in [-0.05, 0) is 23.6 Å². The lowest BCUT2D eigenvalue weighted by atomic mass is 10.00. The van der Waals surface area contributed by atoms with Crippen molar-refractivity contribution in [3.63, 3.8) is 0 Å². The number of nitrogens with one attached hydrogen (secondary N) is 1. The SMILES string of the molecule is CC(CN1CCNCC1)c1cccc(O)c1. The zero-order valence-corrected chi connectivity index (χ0v) is 9.82. The lowest BCUT2D eigenvalue weighted by Gasteiger charge is -2.29. The van der Waals surface area contributed by atoms with Crippen LogP contribution in [0.15, 0.2) is 24.3 Å². The maximum absolute atomic E-state index is 9.44. The Morgan fingerprint density at radius 2 is 2.12 bits per heavy atom. The predicted octanol–water partition coefficient (Wildman–Crippen LogP) is 1.40. The lowest BCUT2D eigenvalue weighted by Crippen LogP contribution is -2.44. The van der Waals surface area contributed by atoms with Crippen molar-refractivity contribution in [1.82, 2.24) is 10.2 Å². The molecule has 3 nitrogen and oxygen atoms in total. The first kappa shape index (κ1) is 11.4. The summed E-state index contributed by atoms with van der Waals surface area (Å²) in [6, 6.07) is 7.60. The first-order valence-electron chi connectivity index (χ1n) is 5.98. The van der Waals surface area contributed by atoms with Gasteiger partial charge >= 0.3 is 0 Å². The van der Waals surface area contributed by atoms with Gasteiger partial charge < -0.3 is 15.3 Å². The Kier molecular flexibility index (Phi) is 3.80. The number of hydrogen-bond donors (Lipinski definition) is 2. The standard InChI is InChI=1S/C13H20N2O/c1-11(10-15-7-5-14-6-8-15)12-3-2-4-13(16)9-12/h2-4,9,11,14,16H,5-8,10H2,1H3. The Balaban J connectivity index is 1.94. The minimum absolute atomic E-state index is 0.365. The van der Waals surface area contributed by atoms with Crippen LogP contribution in [0.4, 0.5) is 0 Å². The van der Waals surface area contributed by atoms with E-state index >= 15 is 0 Å². The minimum Gasteiger partial charge on any atom is -0.508 e. The van der Waals surface area contributed by atoms with Crippen molar-refractivity contribution in [2.75, 3.05) is 32.7 Å². The number of aromatic hydroxyl groups is 1. The highest BCUT2D eigenvalue weighted by Gasteiger charge is 2.14.